The summed E-state index contributed by atoms with van der Waals surface area (Å²) >= 11 is 0. The smallest absolute Gasteiger partial charge is 0.00931 e. The van der Waals surface area contributed by atoms with Gasteiger partial charge >= 0.3 is 0 Å². The molecule has 1 radical (unpaired) electrons. The minimum absolute atomic E-state index is 1.21. The van der Waals surface area contributed by atoms with Crippen LogP contribution in [0.3, 0.4) is 0 Å². The molecule has 0 aliphatic carbocycles. The number of hydrogen-bond acceptors (Lipinski definition) is 0. The molecule has 0 N–H and O–H groups in total. The van der Waals surface area contributed by atoms with Gasteiger partial charge in [0.2, 0.25) is 0 Å². The Hall–Kier alpha value is -0.780. The minimum atomic E-state index is 1.21. The highest BCUT2D eigenvalue weighted by molar-refractivity contribution is 5.21. The van der Waals surface area contributed by atoms with Gasteiger partial charge in [0.1, 0.15) is 0 Å². The van der Waals surface area contributed by atoms with E-state index in [1.54, 1.807) is 0 Å². The van der Waals surface area contributed by atoms with Gasteiger partial charge in [0.25, 0.3) is 0 Å². The van der Waals surface area contributed by atoms with Crippen molar-refractivity contribution in [3.63, 3.8) is 0 Å². The first kappa shape index (κ1) is 8.32. The lowest BCUT2D eigenvalue weighted by molar-refractivity contribution is 0.791. The van der Waals surface area contributed by atoms with Crippen molar-refractivity contribution in [2.24, 2.45) is 0 Å². The maximum Gasteiger partial charge on any atom is -0.00931 e. The Morgan fingerprint density at radius 1 is 1.18 bits per heavy atom. The summed E-state index contributed by atoms with van der Waals surface area (Å²) in [6.45, 7) is 2.22. The SMILES string of the molecule is CCCC[CH]c1ccccc1. The zero-order valence-corrected chi connectivity index (χ0v) is 7.09. The molecule has 0 bridgehead atoms. The van der Waals surface area contributed by atoms with Crippen LogP contribution in [0, 0.1) is 6.42 Å². The molecule has 1 aromatic carbocycles. The molecule has 0 heteroatoms. The first-order chi connectivity index (χ1) is 5.43. The molecule has 0 aliphatic heterocycles. The van der Waals surface area contributed by atoms with Gasteiger partial charge in [0.15, 0.2) is 0 Å². The summed E-state index contributed by atoms with van der Waals surface area (Å²) < 4.78 is 0. The van der Waals surface area contributed by atoms with E-state index < -0.39 is 0 Å². The van der Waals surface area contributed by atoms with Crippen LogP contribution < -0.4 is 0 Å². The number of rotatable bonds is 4. The molecule has 0 amide bonds. The lowest BCUT2D eigenvalue weighted by atomic mass is 10.1. The minimum Gasteiger partial charge on any atom is -0.0654 e. The Labute approximate surface area is 69.3 Å². The first-order valence-corrected chi connectivity index (χ1v) is 4.31. The first-order valence-electron chi connectivity index (χ1n) is 4.31. The maximum atomic E-state index is 2.30. The van der Waals surface area contributed by atoms with Gasteiger partial charge < -0.3 is 0 Å². The summed E-state index contributed by atoms with van der Waals surface area (Å²) in [4.78, 5) is 0. The fraction of sp³-hybridized carbons (Fsp3) is 0.364. The third-order valence-electron chi connectivity index (χ3n) is 1.74. The zero-order valence-electron chi connectivity index (χ0n) is 7.09. The van der Waals surface area contributed by atoms with Gasteiger partial charge in [0.05, 0.1) is 0 Å². The molecule has 0 saturated heterocycles. The molecule has 1 aromatic rings. The second kappa shape index (κ2) is 4.95. The van der Waals surface area contributed by atoms with Crippen molar-refractivity contribution >= 4 is 0 Å². The van der Waals surface area contributed by atoms with Crippen LogP contribution in [-0.2, 0) is 0 Å². The van der Waals surface area contributed by atoms with E-state index in [0.29, 0.717) is 0 Å². The van der Waals surface area contributed by atoms with Crippen molar-refractivity contribution in [2.75, 3.05) is 0 Å². The van der Waals surface area contributed by atoms with Crippen molar-refractivity contribution in [3.8, 4) is 0 Å². The van der Waals surface area contributed by atoms with Gasteiger partial charge in [-0.05, 0) is 18.4 Å². The van der Waals surface area contributed by atoms with Crippen molar-refractivity contribution in [1.29, 1.82) is 0 Å². The highest BCUT2D eigenvalue weighted by Gasteiger charge is 1.89. The molecule has 0 aliphatic rings. The van der Waals surface area contributed by atoms with Crippen LogP contribution in [0.2, 0.25) is 0 Å². The summed E-state index contributed by atoms with van der Waals surface area (Å²) in [6, 6.07) is 10.5. The predicted octanol–water partition coefficient (Wildman–Crippen LogP) is 3.43. The molecule has 11 heavy (non-hydrogen) atoms. The van der Waals surface area contributed by atoms with Crippen LogP contribution in [0.25, 0.3) is 0 Å². The average molecular weight is 147 g/mol. The fourth-order valence-electron chi connectivity index (χ4n) is 1.06. The fourth-order valence-corrected chi connectivity index (χ4v) is 1.06. The number of hydrogen-bond donors (Lipinski definition) is 0. The number of unbranched alkanes of at least 4 members (excludes halogenated alkanes) is 2. The van der Waals surface area contributed by atoms with Crippen molar-refractivity contribution in [2.45, 2.75) is 26.2 Å². The molecule has 0 saturated carbocycles. The molecule has 0 heterocycles. The van der Waals surface area contributed by atoms with Gasteiger partial charge in [-0.15, -0.1) is 0 Å². The van der Waals surface area contributed by atoms with E-state index in [-0.39, 0.29) is 0 Å². The Balaban J connectivity index is 2.28. The molecule has 0 nitrogen and oxygen atoms in total. The summed E-state index contributed by atoms with van der Waals surface area (Å²) in [5.41, 5.74) is 1.35. The maximum absolute atomic E-state index is 2.30. The molecular formula is C11H15. The van der Waals surface area contributed by atoms with Gasteiger partial charge in [-0.25, -0.2) is 0 Å². The Kier molecular flexibility index (Phi) is 3.74. The second-order valence-corrected chi connectivity index (χ2v) is 2.76. The summed E-state index contributed by atoms with van der Waals surface area (Å²) in [7, 11) is 0. The van der Waals surface area contributed by atoms with Crippen LogP contribution in [0.5, 0.6) is 0 Å². The van der Waals surface area contributed by atoms with E-state index in [9.17, 15) is 0 Å². The largest absolute Gasteiger partial charge is 0.0654 e. The Bertz CT molecular complexity index is 176. The lowest BCUT2D eigenvalue weighted by Gasteiger charge is -1.97. The van der Waals surface area contributed by atoms with Crippen LogP contribution in [-0.4, -0.2) is 0 Å². The normalized spacial score (nSPS) is 9.91. The zero-order chi connectivity index (χ0) is 7.94. The standard InChI is InChI=1S/C11H15/c1-2-3-5-8-11-9-6-4-7-10-11/h4,6-10H,2-3,5H2,1H3. The van der Waals surface area contributed by atoms with E-state index >= 15 is 0 Å². The van der Waals surface area contributed by atoms with E-state index in [1.165, 1.54) is 24.8 Å². The molecule has 0 spiro atoms. The third-order valence-corrected chi connectivity index (χ3v) is 1.74. The van der Waals surface area contributed by atoms with Crippen LogP contribution in [0.1, 0.15) is 31.7 Å². The predicted molar refractivity (Wildman–Crippen MR) is 49.4 cm³/mol. The van der Waals surface area contributed by atoms with Crippen molar-refractivity contribution in [1.82, 2.24) is 0 Å². The van der Waals surface area contributed by atoms with E-state index in [2.05, 4.69) is 43.7 Å². The highest BCUT2D eigenvalue weighted by Crippen LogP contribution is 2.07. The lowest BCUT2D eigenvalue weighted by Crippen LogP contribution is -1.80. The van der Waals surface area contributed by atoms with Gasteiger partial charge in [-0.2, -0.15) is 0 Å². The van der Waals surface area contributed by atoms with E-state index in [0.717, 1.165) is 0 Å². The van der Waals surface area contributed by atoms with Crippen molar-refractivity contribution < 1.29 is 0 Å². The Morgan fingerprint density at radius 2 is 1.91 bits per heavy atom. The number of benzene rings is 1. The van der Waals surface area contributed by atoms with E-state index in [1.807, 2.05) is 0 Å². The summed E-state index contributed by atoms with van der Waals surface area (Å²) in [6.07, 6.45) is 6.09. The van der Waals surface area contributed by atoms with Gasteiger partial charge in [-0.1, -0.05) is 50.1 Å². The molecule has 0 atom stereocenters. The monoisotopic (exact) mass is 147 g/mol. The molecule has 0 aromatic heterocycles. The summed E-state index contributed by atoms with van der Waals surface area (Å²) in [5, 5.41) is 0. The molecule has 0 unspecified atom stereocenters. The third kappa shape index (κ3) is 3.22. The molecular weight excluding hydrogens is 132 g/mol. The Morgan fingerprint density at radius 3 is 2.55 bits per heavy atom. The van der Waals surface area contributed by atoms with Gasteiger partial charge in [-0.3, -0.25) is 0 Å². The summed E-state index contributed by atoms with van der Waals surface area (Å²) in [5.74, 6) is 0. The quantitative estimate of drug-likeness (QED) is 0.572. The molecule has 59 valence electrons. The highest BCUT2D eigenvalue weighted by atomic mass is 13.9. The van der Waals surface area contributed by atoms with Crippen LogP contribution in [0.4, 0.5) is 0 Å². The van der Waals surface area contributed by atoms with Crippen molar-refractivity contribution in [3.05, 3.63) is 42.3 Å². The van der Waals surface area contributed by atoms with E-state index in [4.69, 9.17) is 0 Å². The van der Waals surface area contributed by atoms with Crippen LogP contribution in [0.15, 0.2) is 30.3 Å². The second-order valence-electron chi connectivity index (χ2n) is 2.76. The topological polar surface area (TPSA) is 0 Å². The molecule has 1 rings (SSSR count). The van der Waals surface area contributed by atoms with Gasteiger partial charge in [0, 0.05) is 0 Å². The molecule has 0 fully saturated rings. The van der Waals surface area contributed by atoms with Crippen LogP contribution >= 0.6 is 0 Å². The average Bonchev–Trinajstić information content (AvgIpc) is 2.07.